The van der Waals surface area contributed by atoms with Crippen molar-refractivity contribution in [2.45, 2.75) is 51.2 Å². The molecule has 0 aromatic rings. The van der Waals surface area contributed by atoms with Crippen LogP contribution in [0.5, 0.6) is 0 Å². The molecule has 1 fully saturated rings. The average Bonchev–Trinajstić information content (AvgIpc) is 2.62. The minimum atomic E-state index is -0.889. The molecule has 2 atom stereocenters. The van der Waals surface area contributed by atoms with Crippen molar-refractivity contribution in [3.05, 3.63) is 0 Å². The number of likely N-dealkylation sites (tertiary alicyclic amines) is 1. The van der Waals surface area contributed by atoms with E-state index in [2.05, 4.69) is 22.2 Å². The van der Waals surface area contributed by atoms with Gasteiger partial charge in [0.05, 0.1) is 0 Å². The number of likely N-dealkylation sites (N-methyl/N-ethyl adjacent to an activating group) is 2. The maximum atomic E-state index is 11.5. The normalized spacial score (nSPS) is 24.1. The fourth-order valence-electron chi connectivity index (χ4n) is 2.99. The minimum absolute atomic E-state index is 0.156. The van der Waals surface area contributed by atoms with Gasteiger partial charge >= 0.3 is 5.97 Å². The van der Waals surface area contributed by atoms with Crippen LogP contribution in [0.4, 0.5) is 0 Å². The Kier molecular flexibility index (Phi) is 5.77. The van der Waals surface area contributed by atoms with Gasteiger partial charge in [-0.1, -0.05) is 0 Å². The summed E-state index contributed by atoms with van der Waals surface area (Å²) in [6.07, 6.45) is 2.46. The molecule has 1 heterocycles. The first-order valence-electron chi connectivity index (χ1n) is 7.14. The lowest BCUT2D eigenvalue weighted by Crippen LogP contribution is -2.59. The van der Waals surface area contributed by atoms with E-state index < -0.39 is 11.5 Å². The summed E-state index contributed by atoms with van der Waals surface area (Å²) in [7, 11) is 4.16. The summed E-state index contributed by atoms with van der Waals surface area (Å²) in [4.78, 5) is 16.0. The molecule has 1 rings (SSSR count). The van der Waals surface area contributed by atoms with Gasteiger partial charge in [0.25, 0.3) is 0 Å². The SMILES string of the molecule is CC(C)NC(C)(CN(C)CC1CCCN1C)C(=O)O. The van der Waals surface area contributed by atoms with Crippen molar-refractivity contribution in [3.63, 3.8) is 0 Å². The molecule has 5 heteroatoms. The van der Waals surface area contributed by atoms with Gasteiger partial charge < -0.3 is 14.9 Å². The molecule has 112 valence electrons. The summed E-state index contributed by atoms with van der Waals surface area (Å²) in [6, 6.07) is 0.714. The van der Waals surface area contributed by atoms with Crippen molar-refractivity contribution in [1.29, 1.82) is 0 Å². The van der Waals surface area contributed by atoms with Crippen LogP contribution >= 0.6 is 0 Å². The van der Waals surface area contributed by atoms with Crippen LogP contribution in [0.15, 0.2) is 0 Å². The molecule has 0 bridgehead atoms. The number of carboxylic acids is 1. The van der Waals surface area contributed by atoms with E-state index in [1.807, 2.05) is 20.9 Å². The highest BCUT2D eigenvalue weighted by atomic mass is 16.4. The second-order valence-corrected chi connectivity index (χ2v) is 6.41. The maximum absolute atomic E-state index is 11.5. The van der Waals surface area contributed by atoms with E-state index in [1.165, 1.54) is 12.8 Å². The summed E-state index contributed by atoms with van der Waals surface area (Å²) >= 11 is 0. The maximum Gasteiger partial charge on any atom is 0.324 e. The van der Waals surface area contributed by atoms with E-state index in [-0.39, 0.29) is 6.04 Å². The zero-order chi connectivity index (χ0) is 14.6. The molecule has 2 unspecified atom stereocenters. The zero-order valence-electron chi connectivity index (χ0n) is 12.9. The summed E-state index contributed by atoms with van der Waals surface area (Å²) in [5.74, 6) is -0.784. The molecule has 1 aliphatic heterocycles. The van der Waals surface area contributed by atoms with Crippen molar-refractivity contribution in [1.82, 2.24) is 15.1 Å². The van der Waals surface area contributed by atoms with Gasteiger partial charge in [-0.3, -0.25) is 10.1 Å². The third-order valence-electron chi connectivity index (χ3n) is 3.86. The molecule has 19 heavy (non-hydrogen) atoms. The number of hydrogen-bond donors (Lipinski definition) is 2. The highest BCUT2D eigenvalue weighted by Gasteiger charge is 2.35. The van der Waals surface area contributed by atoms with Crippen LogP contribution in [0.3, 0.4) is 0 Å². The molecule has 0 saturated carbocycles. The molecule has 0 aliphatic carbocycles. The van der Waals surface area contributed by atoms with Crippen molar-refractivity contribution >= 4 is 5.97 Å². The first-order valence-corrected chi connectivity index (χ1v) is 7.14. The molecule has 1 saturated heterocycles. The highest BCUT2D eigenvalue weighted by molar-refractivity contribution is 5.78. The smallest absolute Gasteiger partial charge is 0.324 e. The zero-order valence-corrected chi connectivity index (χ0v) is 12.9. The van der Waals surface area contributed by atoms with Gasteiger partial charge in [-0.15, -0.1) is 0 Å². The first kappa shape index (κ1) is 16.4. The Bertz CT molecular complexity index is 309. The van der Waals surface area contributed by atoms with E-state index in [0.29, 0.717) is 12.6 Å². The van der Waals surface area contributed by atoms with E-state index in [0.717, 1.165) is 13.1 Å². The van der Waals surface area contributed by atoms with Gasteiger partial charge in [-0.25, -0.2) is 0 Å². The van der Waals surface area contributed by atoms with Crippen molar-refractivity contribution < 1.29 is 9.90 Å². The van der Waals surface area contributed by atoms with E-state index in [4.69, 9.17) is 0 Å². The molecule has 0 amide bonds. The topological polar surface area (TPSA) is 55.8 Å². The molecule has 2 N–H and O–H groups in total. The van der Waals surface area contributed by atoms with Crippen LogP contribution in [-0.4, -0.2) is 72.2 Å². The first-order chi connectivity index (χ1) is 8.74. The third kappa shape index (κ3) is 4.75. The number of hydrogen-bond acceptors (Lipinski definition) is 4. The van der Waals surface area contributed by atoms with Crippen LogP contribution in [0, 0.1) is 0 Å². The number of nitrogens with zero attached hydrogens (tertiary/aromatic N) is 2. The number of carbonyl (C=O) groups is 1. The van der Waals surface area contributed by atoms with Gasteiger partial charge in [0, 0.05) is 25.2 Å². The lowest BCUT2D eigenvalue weighted by molar-refractivity contribution is -0.145. The number of carboxylic acid groups (broad SMARTS) is 1. The van der Waals surface area contributed by atoms with Crippen LogP contribution in [0.25, 0.3) is 0 Å². The summed E-state index contributed by atoms with van der Waals surface area (Å²) < 4.78 is 0. The fourth-order valence-corrected chi connectivity index (χ4v) is 2.99. The fraction of sp³-hybridized carbons (Fsp3) is 0.929. The van der Waals surface area contributed by atoms with Crippen molar-refractivity contribution in [2.75, 3.05) is 33.7 Å². The van der Waals surface area contributed by atoms with Crippen LogP contribution < -0.4 is 5.32 Å². The second kappa shape index (κ2) is 6.68. The van der Waals surface area contributed by atoms with Crippen molar-refractivity contribution in [3.8, 4) is 0 Å². The second-order valence-electron chi connectivity index (χ2n) is 6.41. The summed E-state index contributed by atoms with van der Waals surface area (Å²) in [5, 5.41) is 12.6. The Balaban J connectivity index is 2.56. The summed E-state index contributed by atoms with van der Waals surface area (Å²) in [6.45, 7) is 8.32. The predicted octanol–water partition coefficient (Wildman–Crippen LogP) is 0.854. The predicted molar refractivity (Wildman–Crippen MR) is 77.5 cm³/mol. The molecule has 0 spiro atoms. The standard InChI is InChI=1S/C14H29N3O2/c1-11(2)15-14(3,13(18)19)10-16(4)9-12-7-6-8-17(12)5/h11-12,15H,6-10H2,1-5H3,(H,18,19). The number of aliphatic carboxylic acids is 1. The largest absolute Gasteiger partial charge is 0.480 e. The Hall–Kier alpha value is -0.650. The Morgan fingerprint density at radius 3 is 2.63 bits per heavy atom. The quantitative estimate of drug-likeness (QED) is 0.719. The van der Waals surface area contributed by atoms with Crippen LogP contribution in [0.2, 0.25) is 0 Å². The molecule has 1 aliphatic rings. The minimum Gasteiger partial charge on any atom is -0.480 e. The van der Waals surface area contributed by atoms with Gasteiger partial charge in [-0.2, -0.15) is 0 Å². The Labute approximate surface area is 117 Å². The van der Waals surface area contributed by atoms with Gasteiger partial charge in [-0.05, 0) is 54.3 Å². The van der Waals surface area contributed by atoms with E-state index >= 15 is 0 Å². The Morgan fingerprint density at radius 2 is 2.21 bits per heavy atom. The third-order valence-corrected chi connectivity index (χ3v) is 3.86. The molecule has 0 aromatic carbocycles. The summed E-state index contributed by atoms with van der Waals surface area (Å²) in [5.41, 5.74) is -0.889. The van der Waals surface area contributed by atoms with Crippen LogP contribution in [0.1, 0.15) is 33.6 Å². The number of rotatable bonds is 7. The molecular weight excluding hydrogens is 242 g/mol. The number of nitrogens with one attached hydrogen (secondary N) is 1. The van der Waals surface area contributed by atoms with Gasteiger partial charge in [0.15, 0.2) is 0 Å². The Morgan fingerprint density at radius 1 is 1.58 bits per heavy atom. The lowest BCUT2D eigenvalue weighted by atomic mass is 10.0. The van der Waals surface area contributed by atoms with E-state index in [1.54, 1.807) is 6.92 Å². The molecule has 0 aromatic heterocycles. The van der Waals surface area contributed by atoms with Gasteiger partial charge in [0.1, 0.15) is 5.54 Å². The van der Waals surface area contributed by atoms with Crippen LogP contribution in [-0.2, 0) is 4.79 Å². The monoisotopic (exact) mass is 271 g/mol. The highest BCUT2D eigenvalue weighted by Crippen LogP contribution is 2.16. The molecular formula is C14H29N3O2. The van der Waals surface area contributed by atoms with Gasteiger partial charge in [0.2, 0.25) is 0 Å². The average molecular weight is 271 g/mol. The molecule has 0 radical (unpaired) electrons. The lowest BCUT2D eigenvalue weighted by Gasteiger charge is -2.34. The van der Waals surface area contributed by atoms with Crippen molar-refractivity contribution in [2.24, 2.45) is 0 Å². The molecule has 5 nitrogen and oxygen atoms in total. The van der Waals surface area contributed by atoms with E-state index in [9.17, 15) is 9.90 Å².